The maximum Gasteiger partial charge on any atom is 0.130 e. The molecular weight excluding hydrogens is 310 g/mol. The first kappa shape index (κ1) is 17.0. The topological polar surface area (TPSA) is 80.0 Å². The molecular formula is C20H23N5. The number of nitriles is 1. The number of nitrogens with zero attached hydrogens (tertiary/aromatic N) is 4. The quantitative estimate of drug-likeness (QED) is 0.866. The van der Waals surface area contributed by atoms with Gasteiger partial charge in [0.25, 0.3) is 0 Å². The van der Waals surface area contributed by atoms with Gasteiger partial charge < -0.3 is 5.73 Å². The number of rotatable bonds is 4. The Bertz CT molecular complexity index is 920. The second kappa shape index (κ2) is 6.21. The van der Waals surface area contributed by atoms with E-state index in [0.717, 1.165) is 40.8 Å². The third-order valence-corrected chi connectivity index (χ3v) is 4.99. The summed E-state index contributed by atoms with van der Waals surface area (Å²) in [5, 5.41) is 13.5. The first-order valence-electron chi connectivity index (χ1n) is 8.40. The zero-order chi connectivity index (χ0) is 18.2. The van der Waals surface area contributed by atoms with Crippen molar-refractivity contribution in [3.63, 3.8) is 0 Å². The summed E-state index contributed by atoms with van der Waals surface area (Å²) in [7, 11) is 1.81. The highest BCUT2D eigenvalue weighted by molar-refractivity contribution is 6.02. The summed E-state index contributed by atoms with van der Waals surface area (Å²) in [5.41, 5.74) is 12.0. The van der Waals surface area contributed by atoms with Crippen LogP contribution in [0.15, 0.2) is 35.6 Å². The molecule has 1 heterocycles. The lowest BCUT2D eigenvalue weighted by Gasteiger charge is -2.11. The van der Waals surface area contributed by atoms with E-state index in [4.69, 9.17) is 5.73 Å². The van der Waals surface area contributed by atoms with Gasteiger partial charge >= 0.3 is 0 Å². The number of aromatic nitrogens is 2. The highest BCUT2D eigenvalue weighted by Gasteiger charge is 2.44. The number of anilines is 1. The monoisotopic (exact) mass is 333 g/mol. The van der Waals surface area contributed by atoms with Gasteiger partial charge in [-0.05, 0) is 55.9 Å². The second-order valence-electron chi connectivity index (χ2n) is 6.82. The number of aliphatic imine (C=N–C) groups is 1. The summed E-state index contributed by atoms with van der Waals surface area (Å²) in [6.45, 7) is 6.05. The summed E-state index contributed by atoms with van der Waals surface area (Å²) < 4.78 is 1.64. The minimum absolute atomic E-state index is 0.243. The van der Waals surface area contributed by atoms with Crippen LogP contribution in [0, 0.1) is 18.3 Å². The molecule has 2 N–H and O–H groups in total. The lowest BCUT2D eigenvalue weighted by molar-refractivity contribution is 0.779. The van der Waals surface area contributed by atoms with Crippen molar-refractivity contribution in [2.24, 2.45) is 12.0 Å². The van der Waals surface area contributed by atoms with Gasteiger partial charge in [-0.25, -0.2) is 0 Å². The largest absolute Gasteiger partial charge is 0.383 e. The van der Waals surface area contributed by atoms with Gasteiger partial charge in [-0.2, -0.15) is 10.4 Å². The molecule has 0 amide bonds. The van der Waals surface area contributed by atoms with Gasteiger partial charge in [0.2, 0.25) is 0 Å². The average molecular weight is 333 g/mol. The molecule has 1 saturated carbocycles. The Balaban J connectivity index is 1.87. The maximum absolute atomic E-state index is 9.36. The van der Waals surface area contributed by atoms with E-state index >= 15 is 0 Å². The van der Waals surface area contributed by atoms with E-state index in [1.165, 1.54) is 5.56 Å². The molecule has 3 rings (SSSR count). The Labute approximate surface area is 148 Å². The molecule has 0 spiro atoms. The van der Waals surface area contributed by atoms with E-state index in [1.807, 2.05) is 27.1 Å². The molecule has 2 aromatic rings. The molecule has 5 heteroatoms. The number of nitrogen functional groups attached to an aromatic ring is 1. The lowest BCUT2D eigenvalue weighted by atomic mass is 9.92. The molecule has 1 aromatic carbocycles. The number of aryl methyl sites for hydroxylation is 2. The summed E-state index contributed by atoms with van der Waals surface area (Å²) in [6, 6.07) is 8.76. The second-order valence-corrected chi connectivity index (χ2v) is 6.82. The fourth-order valence-electron chi connectivity index (χ4n) is 3.05. The van der Waals surface area contributed by atoms with Crippen molar-refractivity contribution in [2.45, 2.75) is 39.0 Å². The Morgan fingerprint density at radius 3 is 2.60 bits per heavy atom. The molecule has 0 atom stereocenters. The van der Waals surface area contributed by atoms with E-state index < -0.39 is 0 Å². The standard InChI is InChI=1S/C20H23N5/c1-13-9-16(20(12-21)7-8-20)5-6-17(13)14(2)10-23-15(3)18-11-24-25(4)19(18)22/h5-6,9-11H,7-8,22H2,1-4H3/b14-10+,23-15?. The fourth-order valence-corrected chi connectivity index (χ4v) is 3.05. The van der Waals surface area contributed by atoms with E-state index in [0.29, 0.717) is 5.82 Å². The van der Waals surface area contributed by atoms with E-state index in [1.54, 1.807) is 10.9 Å². The minimum atomic E-state index is -0.243. The van der Waals surface area contributed by atoms with Gasteiger partial charge in [0.1, 0.15) is 5.82 Å². The van der Waals surface area contributed by atoms with Crippen LogP contribution in [0.25, 0.3) is 5.57 Å². The van der Waals surface area contributed by atoms with Gasteiger partial charge in [-0.1, -0.05) is 18.2 Å². The molecule has 25 heavy (non-hydrogen) atoms. The molecule has 1 fully saturated rings. The van der Waals surface area contributed by atoms with Crippen molar-refractivity contribution in [3.8, 4) is 6.07 Å². The Morgan fingerprint density at radius 1 is 1.36 bits per heavy atom. The zero-order valence-corrected chi connectivity index (χ0v) is 15.2. The van der Waals surface area contributed by atoms with Gasteiger partial charge in [0.15, 0.2) is 0 Å². The summed E-state index contributed by atoms with van der Waals surface area (Å²) >= 11 is 0. The molecule has 0 bridgehead atoms. The number of allylic oxidation sites excluding steroid dienone is 1. The molecule has 0 saturated heterocycles. The van der Waals surface area contributed by atoms with Crippen LogP contribution in [0.4, 0.5) is 5.82 Å². The van der Waals surface area contributed by atoms with E-state index in [2.05, 4.69) is 41.3 Å². The van der Waals surface area contributed by atoms with Crippen LogP contribution in [0.3, 0.4) is 0 Å². The van der Waals surface area contributed by atoms with E-state index in [-0.39, 0.29) is 5.41 Å². The van der Waals surface area contributed by atoms with Crippen LogP contribution >= 0.6 is 0 Å². The van der Waals surface area contributed by atoms with Gasteiger partial charge in [-0.3, -0.25) is 9.67 Å². The molecule has 5 nitrogen and oxygen atoms in total. The van der Waals surface area contributed by atoms with Crippen LogP contribution in [-0.4, -0.2) is 15.5 Å². The highest BCUT2D eigenvalue weighted by Crippen LogP contribution is 2.48. The number of nitrogens with two attached hydrogens (primary N) is 1. The normalized spacial score (nSPS) is 16.6. The van der Waals surface area contributed by atoms with Crippen LogP contribution in [0.1, 0.15) is 48.9 Å². The van der Waals surface area contributed by atoms with E-state index in [9.17, 15) is 5.26 Å². The van der Waals surface area contributed by atoms with Crippen molar-refractivity contribution >= 4 is 17.1 Å². The molecule has 1 aliphatic rings. The summed E-state index contributed by atoms with van der Waals surface area (Å²) in [6.07, 6.45) is 5.52. The van der Waals surface area contributed by atoms with Gasteiger partial charge in [0, 0.05) is 19.0 Å². The molecule has 1 aromatic heterocycles. The molecule has 0 aliphatic heterocycles. The van der Waals surface area contributed by atoms with Crippen LogP contribution < -0.4 is 5.73 Å². The van der Waals surface area contributed by atoms with Crippen LogP contribution in [0.5, 0.6) is 0 Å². The SMILES string of the molecule is CC(=N/C=C(\C)c1ccc(C2(C#N)CC2)cc1C)c1cnn(C)c1N. The van der Waals surface area contributed by atoms with Crippen molar-refractivity contribution in [2.75, 3.05) is 5.73 Å². The van der Waals surface area contributed by atoms with Crippen molar-refractivity contribution < 1.29 is 0 Å². The number of hydrogen-bond acceptors (Lipinski definition) is 4. The minimum Gasteiger partial charge on any atom is -0.383 e. The average Bonchev–Trinajstić information content (AvgIpc) is 3.33. The number of benzene rings is 1. The van der Waals surface area contributed by atoms with Gasteiger partial charge in [0.05, 0.1) is 23.2 Å². The molecule has 1 aliphatic carbocycles. The number of hydrogen-bond donors (Lipinski definition) is 1. The van der Waals surface area contributed by atoms with Crippen molar-refractivity contribution in [3.05, 3.63) is 52.8 Å². The summed E-state index contributed by atoms with van der Waals surface area (Å²) in [4.78, 5) is 4.55. The molecule has 0 unspecified atom stereocenters. The Morgan fingerprint density at radius 2 is 2.08 bits per heavy atom. The van der Waals surface area contributed by atoms with Crippen LogP contribution in [-0.2, 0) is 12.5 Å². The smallest absolute Gasteiger partial charge is 0.130 e. The predicted molar refractivity (Wildman–Crippen MR) is 101 cm³/mol. The van der Waals surface area contributed by atoms with Crippen LogP contribution in [0.2, 0.25) is 0 Å². The molecule has 0 radical (unpaired) electrons. The first-order chi connectivity index (χ1) is 11.9. The van der Waals surface area contributed by atoms with Crippen molar-refractivity contribution in [1.82, 2.24) is 9.78 Å². The highest BCUT2D eigenvalue weighted by atomic mass is 15.3. The fraction of sp³-hybridized carbons (Fsp3) is 0.350. The maximum atomic E-state index is 9.36. The Hall–Kier alpha value is -2.87. The first-order valence-corrected chi connectivity index (χ1v) is 8.40. The third-order valence-electron chi connectivity index (χ3n) is 4.99. The lowest BCUT2D eigenvalue weighted by Crippen LogP contribution is -2.03. The third kappa shape index (κ3) is 3.08. The molecule has 128 valence electrons. The predicted octanol–water partition coefficient (Wildman–Crippen LogP) is 3.74. The zero-order valence-electron chi connectivity index (χ0n) is 15.2. The van der Waals surface area contributed by atoms with Gasteiger partial charge in [-0.15, -0.1) is 0 Å². The Kier molecular flexibility index (Phi) is 4.22. The summed E-state index contributed by atoms with van der Waals surface area (Å²) in [5.74, 6) is 0.610. The van der Waals surface area contributed by atoms with Crippen molar-refractivity contribution in [1.29, 1.82) is 5.26 Å².